The summed E-state index contributed by atoms with van der Waals surface area (Å²) >= 11 is 0. The molecule has 136 valence electrons. The maximum absolute atomic E-state index is 12.7. The van der Waals surface area contributed by atoms with Crippen LogP contribution in [0.5, 0.6) is 0 Å². The molecule has 0 atom stereocenters. The first-order valence-electron chi connectivity index (χ1n) is 8.83. The number of amides is 1. The average molecular weight is 363 g/mol. The van der Waals surface area contributed by atoms with Gasteiger partial charge in [-0.15, -0.1) is 0 Å². The van der Waals surface area contributed by atoms with Gasteiger partial charge in [0.2, 0.25) is 0 Å². The highest BCUT2D eigenvalue weighted by molar-refractivity contribution is 6.28. The predicted octanol–water partition coefficient (Wildman–Crippen LogP) is 2.74. The molecule has 0 saturated heterocycles. The molecule has 0 bridgehead atoms. The van der Waals surface area contributed by atoms with Crippen molar-refractivity contribution in [3.63, 3.8) is 0 Å². The van der Waals surface area contributed by atoms with Crippen molar-refractivity contribution in [2.45, 2.75) is 19.3 Å². The van der Waals surface area contributed by atoms with E-state index in [0.717, 1.165) is 19.3 Å². The summed E-state index contributed by atoms with van der Waals surface area (Å²) in [7, 11) is 0. The number of nitrogens with one attached hydrogen (secondary N) is 1. The van der Waals surface area contributed by atoms with E-state index in [0.29, 0.717) is 22.4 Å². The van der Waals surface area contributed by atoms with Gasteiger partial charge in [0.25, 0.3) is 5.91 Å². The number of benzene rings is 2. The fraction of sp³-hybridized carbons (Fsp3) is 0.238. The lowest BCUT2D eigenvalue weighted by Gasteiger charge is -2.22. The molecule has 27 heavy (non-hydrogen) atoms. The average Bonchev–Trinajstić information content (AvgIpc) is 2.63. The van der Waals surface area contributed by atoms with Crippen LogP contribution >= 0.6 is 0 Å². The van der Waals surface area contributed by atoms with Crippen molar-refractivity contribution in [3.8, 4) is 0 Å². The molecule has 1 N–H and O–H groups in total. The molecule has 0 aliphatic heterocycles. The van der Waals surface area contributed by atoms with Gasteiger partial charge in [-0.05, 0) is 31.0 Å². The van der Waals surface area contributed by atoms with Crippen molar-refractivity contribution >= 4 is 29.1 Å². The third-order valence-corrected chi connectivity index (χ3v) is 4.99. The van der Waals surface area contributed by atoms with Crippen molar-refractivity contribution < 1.29 is 23.9 Å². The number of carbonyl (C=O) groups is 4. The summed E-state index contributed by atoms with van der Waals surface area (Å²) < 4.78 is 5.01. The van der Waals surface area contributed by atoms with Crippen LogP contribution in [-0.4, -0.2) is 30.0 Å². The molecule has 6 heteroatoms. The van der Waals surface area contributed by atoms with E-state index >= 15 is 0 Å². The van der Waals surface area contributed by atoms with Gasteiger partial charge in [-0.25, -0.2) is 0 Å². The summed E-state index contributed by atoms with van der Waals surface area (Å²) in [5.74, 6) is -1.40. The highest BCUT2D eigenvalue weighted by Crippen LogP contribution is 2.29. The van der Waals surface area contributed by atoms with Crippen molar-refractivity contribution in [3.05, 3.63) is 64.7 Å². The minimum Gasteiger partial charge on any atom is -0.455 e. The molecule has 0 spiro atoms. The van der Waals surface area contributed by atoms with Gasteiger partial charge in [-0.1, -0.05) is 30.7 Å². The minimum atomic E-state index is -0.488. The van der Waals surface area contributed by atoms with E-state index in [1.54, 1.807) is 30.3 Å². The second-order valence-electron chi connectivity index (χ2n) is 6.75. The molecule has 0 radical (unpaired) electrons. The van der Waals surface area contributed by atoms with Crippen LogP contribution in [0.4, 0.5) is 5.69 Å². The Morgan fingerprint density at radius 3 is 2.19 bits per heavy atom. The predicted molar refractivity (Wildman–Crippen MR) is 96.7 cm³/mol. The molecule has 1 saturated carbocycles. The zero-order chi connectivity index (χ0) is 19.0. The number of hydrogen-bond acceptors (Lipinski definition) is 5. The molecule has 2 aromatic rings. The third-order valence-electron chi connectivity index (χ3n) is 4.99. The lowest BCUT2D eigenvalue weighted by molar-refractivity contribution is -0.154. The summed E-state index contributed by atoms with van der Waals surface area (Å²) in [5.41, 5.74) is 1.68. The largest absolute Gasteiger partial charge is 0.455 e. The number of esters is 1. The van der Waals surface area contributed by atoms with E-state index in [9.17, 15) is 19.2 Å². The smallest absolute Gasteiger partial charge is 0.309 e. The number of rotatable bonds is 4. The highest BCUT2D eigenvalue weighted by Gasteiger charge is 2.30. The lowest BCUT2D eigenvalue weighted by atomic mass is 9.84. The Kier molecular flexibility index (Phi) is 4.32. The first-order chi connectivity index (χ1) is 13.0. The van der Waals surface area contributed by atoms with Crippen molar-refractivity contribution in [2.24, 2.45) is 5.92 Å². The van der Waals surface area contributed by atoms with E-state index in [1.807, 2.05) is 0 Å². The Balaban J connectivity index is 1.48. The number of anilines is 1. The SMILES string of the molecule is O=C(COC(=O)C1CCC1)Nc1ccc2c(c1)C(=O)c1ccccc1C2=O. The molecule has 2 aliphatic carbocycles. The van der Waals surface area contributed by atoms with Gasteiger partial charge < -0.3 is 10.1 Å². The molecular formula is C21H17NO5. The number of hydrogen-bond donors (Lipinski definition) is 1. The first kappa shape index (κ1) is 17.1. The Bertz CT molecular complexity index is 974. The lowest BCUT2D eigenvalue weighted by Crippen LogP contribution is -2.28. The molecule has 0 heterocycles. The van der Waals surface area contributed by atoms with E-state index in [2.05, 4.69) is 5.32 Å². The summed E-state index contributed by atoms with van der Waals surface area (Å²) in [6.07, 6.45) is 2.63. The van der Waals surface area contributed by atoms with Crippen LogP contribution < -0.4 is 5.32 Å². The van der Waals surface area contributed by atoms with Crippen molar-refractivity contribution in [2.75, 3.05) is 11.9 Å². The van der Waals surface area contributed by atoms with E-state index < -0.39 is 5.91 Å². The van der Waals surface area contributed by atoms with Crippen LogP contribution in [0.1, 0.15) is 51.1 Å². The molecular weight excluding hydrogens is 346 g/mol. The van der Waals surface area contributed by atoms with Gasteiger partial charge in [0.1, 0.15) is 0 Å². The maximum atomic E-state index is 12.7. The Morgan fingerprint density at radius 1 is 0.926 bits per heavy atom. The number of fused-ring (bicyclic) bond motifs is 2. The van der Waals surface area contributed by atoms with Crippen molar-refractivity contribution in [1.82, 2.24) is 0 Å². The fourth-order valence-electron chi connectivity index (χ4n) is 3.27. The van der Waals surface area contributed by atoms with Crippen molar-refractivity contribution in [1.29, 1.82) is 0 Å². The van der Waals surface area contributed by atoms with Crippen LogP contribution in [0.25, 0.3) is 0 Å². The summed E-state index contributed by atoms with van der Waals surface area (Å²) in [4.78, 5) is 49.0. The Hall–Kier alpha value is -3.28. The van der Waals surface area contributed by atoms with E-state index in [4.69, 9.17) is 4.74 Å². The molecule has 2 aromatic carbocycles. The normalized spacial score (nSPS) is 15.4. The Labute approximate surface area is 155 Å². The fourth-order valence-corrected chi connectivity index (χ4v) is 3.27. The van der Waals surface area contributed by atoms with Gasteiger partial charge in [0.15, 0.2) is 18.2 Å². The minimum absolute atomic E-state index is 0.0924. The van der Waals surface area contributed by atoms with Crippen LogP contribution in [-0.2, 0) is 14.3 Å². The van der Waals surface area contributed by atoms with Crippen LogP contribution in [0, 0.1) is 5.92 Å². The standard InChI is InChI=1S/C21H17NO5/c23-18(11-27-21(26)12-4-3-5-12)22-13-8-9-16-17(10-13)20(25)15-7-2-1-6-14(15)19(16)24/h1-2,6-10,12H,3-5,11H2,(H,22,23). The molecule has 6 nitrogen and oxygen atoms in total. The van der Waals surface area contributed by atoms with Gasteiger partial charge >= 0.3 is 5.97 Å². The summed E-state index contributed by atoms with van der Waals surface area (Å²) in [6.45, 7) is -0.373. The van der Waals surface area contributed by atoms with Gasteiger partial charge in [0, 0.05) is 27.9 Å². The monoisotopic (exact) mass is 363 g/mol. The third kappa shape index (κ3) is 3.14. The second kappa shape index (κ2) is 6.79. The molecule has 1 amide bonds. The van der Waals surface area contributed by atoms with Gasteiger partial charge in [0.05, 0.1) is 5.92 Å². The van der Waals surface area contributed by atoms with E-state index in [-0.39, 0.29) is 35.6 Å². The topological polar surface area (TPSA) is 89.5 Å². The number of ether oxygens (including phenoxy) is 1. The zero-order valence-electron chi connectivity index (χ0n) is 14.5. The van der Waals surface area contributed by atoms with Crippen LogP contribution in [0.3, 0.4) is 0 Å². The van der Waals surface area contributed by atoms with Crippen LogP contribution in [0.15, 0.2) is 42.5 Å². The molecule has 2 aliphatic rings. The zero-order valence-corrected chi connectivity index (χ0v) is 14.5. The summed E-state index contributed by atoms with van der Waals surface area (Å²) in [5, 5.41) is 2.60. The second-order valence-corrected chi connectivity index (χ2v) is 6.75. The Morgan fingerprint density at radius 2 is 1.56 bits per heavy atom. The molecule has 0 aromatic heterocycles. The maximum Gasteiger partial charge on any atom is 0.309 e. The molecule has 0 unspecified atom stereocenters. The van der Waals surface area contributed by atoms with Gasteiger partial charge in [-0.2, -0.15) is 0 Å². The molecule has 1 fully saturated rings. The summed E-state index contributed by atoms with van der Waals surface area (Å²) in [6, 6.07) is 11.2. The first-order valence-corrected chi connectivity index (χ1v) is 8.83. The quantitative estimate of drug-likeness (QED) is 0.720. The molecule has 4 rings (SSSR count). The van der Waals surface area contributed by atoms with Crippen LogP contribution in [0.2, 0.25) is 0 Å². The highest BCUT2D eigenvalue weighted by atomic mass is 16.5. The van der Waals surface area contributed by atoms with E-state index in [1.165, 1.54) is 12.1 Å². The number of carbonyl (C=O) groups excluding carboxylic acids is 4. The number of ketones is 2. The van der Waals surface area contributed by atoms with Gasteiger partial charge in [-0.3, -0.25) is 19.2 Å².